The molecule has 9 nitrogen and oxygen atoms in total. The molecule has 1 atom stereocenters. The van der Waals surface area contributed by atoms with Gasteiger partial charge < -0.3 is 19.1 Å². The molecule has 156 valence electrons. The van der Waals surface area contributed by atoms with Crippen molar-refractivity contribution in [2.45, 2.75) is 24.7 Å². The van der Waals surface area contributed by atoms with Gasteiger partial charge in [-0.15, -0.1) is 0 Å². The highest BCUT2D eigenvalue weighted by molar-refractivity contribution is 7.89. The summed E-state index contributed by atoms with van der Waals surface area (Å²) >= 11 is 0. The van der Waals surface area contributed by atoms with Crippen molar-refractivity contribution in [3.8, 4) is 11.5 Å². The van der Waals surface area contributed by atoms with Gasteiger partial charge in [0.1, 0.15) is 6.54 Å². The van der Waals surface area contributed by atoms with Crippen molar-refractivity contribution in [2.24, 2.45) is 5.92 Å². The van der Waals surface area contributed by atoms with E-state index in [0.29, 0.717) is 24.8 Å². The lowest BCUT2D eigenvalue weighted by Gasteiger charge is -2.30. The van der Waals surface area contributed by atoms with Gasteiger partial charge in [-0.2, -0.15) is 4.72 Å². The summed E-state index contributed by atoms with van der Waals surface area (Å²) < 4.78 is 41.9. The van der Waals surface area contributed by atoms with E-state index < -0.39 is 29.1 Å². The van der Waals surface area contributed by atoms with E-state index in [-0.39, 0.29) is 16.6 Å². The zero-order valence-corrected chi connectivity index (χ0v) is 17.1. The summed E-state index contributed by atoms with van der Waals surface area (Å²) in [6, 6.07) is 4.06. The largest absolute Gasteiger partial charge is 0.493 e. The monoisotopic (exact) mass is 414 g/mol. The molecule has 0 aromatic heterocycles. The fraction of sp³-hybridized carbons (Fsp3) is 0.556. The minimum Gasteiger partial charge on any atom is -0.493 e. The Morgan fingerprint density at radius 1 is 1.21 bits per heavy atom. The van der Waals surface area contributed by atoms with Gasteiger partial charge in [0, 0.05) is 19.2 Å². The van der Waals surface area contributed by atoms with Gasteiger partial charge in [0.2, 0.25) is 10.0 Å². The fourth-order valence-electron chi connectivity index (χ4n) is 2.92. The van der Waals surface area contributed by atoms with Crippen molar-refractivity contribution < 1.29 is 32.2 Å². The summed E-state index contributed by atoms with van der Waals surface area (Å²) in [6.45, 7) is 2.37. The fourth-order valence-corrected chi connectivity index (χ4v) is 3.91. The van der Waals surface area contributed by atoms with Gasteiger partial charge in [0.05, 0.1) is 19.1 Å². The van der Waals surface area contributed by atoms with E-state index in [0.717, 1.165) is 12.8 Å². The molecule has 0 aliphatic carbocycles. The van der Waals surface area contributed by atoms with Crippen molar-refractivity contribution in [3.05, 3.63) is 18.2 Å². The van der Waals surface area contributed by atoms with Crippen LogP contribution in [0.3, 0.4) is 0 Å². The second-order valence-electron chi connectivity index (χ2n) is 6.59. The van der Waals surface area contributed by atoms with Crippen molar-refractivity contribution >= 4 is 21.9 Å². The number of nitrogens with zero attached hydrogens (tertiary/aromatic N) is 1. The molecule has 0 bridgehead atoms. The Hall–Kier alpha value is -2.33. The van der Waals surface area contributed by atoms with Crippen LogP contribution in [0.5, 0.6) is 11.5 Å². The Morgan fingerprint density at radius 3 is 2.57 bits per heavy atom. The van der Waals surface area contributed by atoms with Crippen LogP contribution in [-0.2, 0) is 24.3 Å². The Morgan fingerprint density at radius 2 is 1.93 bits per heavy atom. The van der Waals surface area contributed by atoms with Gasteiger partial charge in [-0.1, -0.05) is 6.92 Å². The van der Waals surface area contributed by atoms with Crippen LogP contribution in [0.1, 0.15) is 19.8 Å². The molecule has 0 unspecified atom stereocenters. The summed E-state index contributed by atoms with van der Waals surface area (Å²) in [7, 11) is -1.14. The van der Waals surface area contributed by atoms with Crippen LogP contribution in [0, 0.1) is 5.92 Å². The van der Waals surface area contributed by atoms with Crippen molar-refractivity contribution in [1.82, 2.24) is 9.62 Å². The molecule has 1 amide bonds. The maximum atomic E-state index is 12.3. The average molecular weight is 414 g/mol. The van der Waals surface area contributed by atoms with Gasteiger partial charge in [0.25, 0.3) is 5.91 Å². The number of benzene rings is 1. The molecule has 1 heterocycles. The van der Waals surface area contributed by atoms with Crippen molar-refractivity contribution in [2.75, 3.05) is 40.5 Å². The predicted molar refractivity (Wildman–Crippen MR) is 101 cm³/mol. The van der Waals surface area contributed by atoms with Gasteiger partial charge in [-0.3, -0.25) is 9.59 Å². The third kappa shape index (κ3) is 5.83. The molecular formula is C18H26N2O7S. The summed E-state index contributed by atoms with van der Waals surface area (Å²) in [5.41, 5.74) is 0. The minimum absolute atomic E-state index is 0.0867. The highest BCUT2D eigenvalue weighted by Gasteiger charge is 2.23. The van der Waals surface area contributed by atoms with E-state index in [1.165, 1.54) is 32.4 Å². The van der Waals surface area contributed by atoms with Crippen LogP contribution in [-0.4, -0.2) is 65.7 Å². The van der Waals surface area contributed by atoms with E-state index in [1.807, 2.05) is 0 Å². The smallest absolute Gasteiger partial charge is 0.321 e. The highest BCUT2D eigenvalue weighted by Crippen LogP contribution is 2.29. The molecule has 28 heavy (non-hydrogen) atoms. The number of nitrogens with one attached hydrogen (secondary N) is 1. The first kappa shape index (κ1) is 22.0. The van der Waals surface area contributed by atoms with Crippen LogP contribution in [0.25, 0.3) is 0 Å². The zero-order valence-electron chi connectivity index (χ0n) is 16.3. The normalized spacial score (nSPS) is 17.1. The average Bonchev–Trinajstić information content (AvgIpc) is 2.69. The molecule has 0 radical (unpaired) electrons. The minimum atomic E-state index is -3.96. The number of sulfonamides is 1. The topological polar surface area (TPSA) is 111 Å². The molecule has 1 N–H and O–H groups in total. The first-order valence-electron chi connectivity index (χ1n) is 8.92. The molecule has 1 aromatic rings. The van der Waals surface area contributed by atoms with Crippen LogP contribution in [0.2, 0.25) is 0 Å². The van der Waals surface area contributed by atoms with Gasteiger partial charge in [-0.25, -0.2) is 8.42 Å². The highest BCUT2D eigenvalue weighted by atomic mass is 32.2. The van der Waals surface area contributed by atoms with Crippen molar-refractivity contribution in [3.63, 3.8) is 0 Å². The third-order valence-corrected chi connectivity index (χ3v) is 5.84. The number of ether oxygens (including phenoxy) is 3. The third-order valence-electron chi connectivity index (χ3n) is 4.44. The Kier molecular flexibility index (Phi) is 7.64. The summed E-state index contributed by atoms with van der Waals surface area (Å²) in [6.07, 6.45) is 1.99. The number of carbonyl (C=O) groups is 2. The number of rotatable bonds is 8. The van der Waals surface area contributed by atoms with E-state index in [2.05, 4.69) is 11.6 Å². The summed E-state index contributed by atoms with van der Waals surface area (Å²) in [4.78, 5) is 25.5. The zero-order chi connectivity index (χ0) is 20.7. The van der Waals surface area contributed by atoms with Gasteiger partial charge >= 0.3 is 5.97 Å². The lowest BCUT2D eigenvalue weighted by molar-refractivity contribution is -0.151. The van der Waals surface area contributed by atoms with Gasteiger partial charge in [-0.05, 0) is 30.9 Å². The molecule has 2 rings (SSSR count). The van der Waals surface area contributed by atoms with E-state index in [1.54, 1.807) is 4.90 Å². The molecule has 0 spiro atoms. The Balaban J connectivity index is 1.86. The van der Waals surface area contributed by atoms with E-state index >= 15 is 0 Å². The molecule has 1 fully saturated rings. The lowest BCUT2D eigenvalue weighted by atomic mass is 10.0. The quantitative estimate of drug-likeness (QED) is 0.626. The summed E-state index contributed by atoms with van der Waals surface area (Å²) in [5.74, 6) is -0.0625. The second-order valence-corrected chi connectivity index (χ2v) is 8.36. The Labute approximate surface area is 165 Å². The lowest BCUT2D eigenvalue weighted by Crippen LogP contribution is -2.42. The van der Waals surface area contributed by atoms with E-state index in [4.69, 9.17) is 14.2 Å². The maximum absolute atomic E-state index is 12.3. The molecular weight excluding hydrogens is 388 g/mol. The number of methoxy groups -OCH3 is 2. The number of likely N-dealkylation sites (tertiary alicyclic amines) is 1. The first-order valence-corrected chi connectivity index (χ1v) is 10.4. The SMILES string of the molecule is COc1ccc(S(=O)(=O)NCC(=O)OCC(=O)N2CCC[C@H](C)C2)cc1OC. The number of hydrogen-bond acceptors (Lipinski definition) is 7. The predicted octanol–water partition coefficient (Wildman–Crippen LogP) is 0.784. The maximum Gasteiger partial charge on any atom is 0.321 e. The van der Waals surface area contributed by atoms with Crippen LogP contribution in [0.4, 0.5) is 0 Å². The molecule has 0 saturated carbocycles. The number of piperidine rings is 1. The van der Waals surface area contributed by atoms with Crippen molar-refractivity contribution in [1.29, 1.82) is 0 Å². The first-order chi connectivity index (χ1) is 13.3. The number of carbonyl (C=O) groups excluding carboxylic acids is 2. The van der Waals surface area contributed by atoms with Crippen LogP contribution in [0.15, 0.2) is 23.1 Å². The van der Waals surface area contributed by atoms with Crippen LogP contribution >= 0.6 is 0 Å². The second kappa shape index (κ2) is 9.74. The van der Waals surface area contributed by atoms with E-state index in [9.17, 15) is 18.0 Å². The van der Waals surface area contributed by atoms with Crippen LogP contribution < -0.4 is 14.2 Å². The standard InChI is InChI=1S/C18H26N2O7S/c1-13-5-4-8-20(11-13)17(21)12-27-18(22)10-19-28(23,24)14-6-7-15(25-2)16(9-14)26-3/h6-7,9,13,19H,4-5,8,10-12H2,1-3H3/t13-/m0/s1. The molecule has 10 heteroatoms. The van der Waals surface area contributed by atoms with Gasteiger partial charge in [0.15, 0.2) is 18.1 Å². The molecule has 1 aromatic carbocycles. The number of esters is 1. The Bertz CT molecular complexity index is 810. The molecule has 1 aliphatic heterocycles. The summed E-state index contributed by atoms with van der Waals surface area (Å²) in [5, 5.41) is 0. The molecule has 1 saturated heterocycles. The number of hydrogen-bond donors (Lipinski definition) is 1. The number of amides is 1. The molecule has 1 aliphatic rings.